The van der Waals surface area contributed by atoms with Crippen molar-refractivity contribution in [3.63, 3.8) is 0 Å². The van der Waals surface area contributed by atoms with Crippen LogP contribution in [0.2, 0.25) is 0 Å². The third-order valence-corrected chi connectivity index (χ3v) is 13.6. The molecule has 0 unspecified atom stereocenters. The Morgan fingerprint density at radius 2 is 1.19 bits per heavy atom. The van der Waals surface area contributed by atoms with E-state index in [2.05, 4.69) is 87.3 Å². The molecule has 0 aliphatic carbocycles. The minimum absolute atomic E-state index is 1.34. The molecule has 0 atom stereocenters. The summed E-state index contributed by atoms with van der Waals surface area (Å²) in [5.41, 5.74) is 11.3. The van der Waals surface area contributed by atoms with E-state index in [9.17, 15) is 0 Å². The van der Waals surface area contributed by atoms with Gasteiger partial charge in [0.25, 0.3) is 0 Å². The second-order valence-electron chi connectivity index (χ2n) is 9.15. The van der Waals surface area contributed by atoms with Gasteiger partial charge in [0.05, 0.1) is 4.88 Å². The molecule has 0 nitrogen and oxygen atoms in total. The van der Waals surface area contributed by atoms with Crippen LogP contribution in [0.1, 0.15) is 32.0 Å². The topological polar surface area (TPSA) is 0 Å². The average molecular weight is 579 g/mol. The summed E-state index contributed by atoms with van der Waals surface area (Å²) < 4.78 is 0. The molecule has 0 aromatic carbocycles. The van der Waals surface area contributed by atoms with Crippen molar-refractivity contribution >= 4 is 68.0 Å². The fraction of sp³-hybridized carbons (Fsp3) is 0.200. The Bertz CT molecular complexity index is 1690. The maximum Gasteiger partial charge on any atom is 0.0537 e. The maximum atomic E-state index is 2.36. The van der Waals surface area contributed by atoms with Gasteiger partial charge in [-0.1, -0.05) is 6.07 Å². The van der Waals surface area contributed by atoms with Crippen LogP contribution >= 0.6 is 68.0 Å². The lowest BCUT2D eigenvalue weighted by Crippen LogP contribution is -1.86. The molecule has 0 saturated heterocycles. The zero-order valence-corrected chi connectivity index (χ0v) is 26.0. The minimum Gasteiger partial charge on any atom is -0.144 e. The molecule has 6 aromatic rings. The third-order valence-electron chi connectivity index (χ3n) is 7.07. The molecule has 0 radical (unpaired) electrons. The Labute approximate surface area is 237 Å². The number of rotatable bonds is 5. The lowest BCUT2D eigenvalue weighted by Gasteiger charge is -2.11. The second-order valence-corrected chi connectivity index (χ2v) is 15.3. The molecule has 0 fully saturated rings. The molecule has 6 heterocycles. The minimum atomic E-state index is 1.34. The van der Waals surface area contributed by atoms with Crippen LogP contribution in [0, 0.1) is 41.5 Å². The highest BCUT2D eigenvalue weighted by molar-refractivity contribution is 7.24. The van der Waals surface area contributed by atoms with E-state index < -0.39 is 0 Å². The number of hydrogen-bond acceptors (Lipinski definition) is 6. The van der Waals surface area contributed by atoms with Crippen molar-refractivity contribution in [3.8, 4) is 51.5 Å². The van der Waals surface area contributed by atoms with Crippen LogP contribution in [0.5, 0.6) is 0 Å². The molecule has 6 rings (SSSR count). The van der Waals surface area contributed by atoms with E-state index in [0.29, 0.717) is 0 Å². The van der Waals surface area contributed by atoms with Gasteiger partial charge in [-0.2, -0.15) is 0 Å². The van der Waals surface area contributed by atoms with Crippen LogP contribution in [-0.4, -0.2) is 0 Å². The molecule has 0 bridgehead atoms. The Morgan fingerprint density at radius 1 is 0.500 bits per heavy atom. The van der Waals surface area contributed by atoms with E-state index in [4.69, 9.17) is 0 Å². The Balaban J connectivity index is 1.57. The van der Waals surface area contributed by atoms with Gasteiger partial charge in [0.1, 0.15) is 0 Å². The summed E-state index contributed by atoms with van der Waals surface area (Å²) in [6.07, 6.45) is 0. The molecule has 6 aromatic heterocycles. The summed E-state index contributed by atoms with van der Waals surface area (Å²) in [7, 11) is 0. The highest BCUT2D eigenvalue weighted by Gasteiger charge is 2.26. The van der Waals surface area contributed by atoms with E-state index in [1.807, 2.05) is 68.0 Å². The van der Waals surface area contributed by atoms with E-state index >= 15 is 0 Å². The van der Waals surface area contributed by atoms with Gasteiger partial charge in [0, 0.05) is 56.4 Å². The van der Waals surface area contributed by atoms with Crippen molar-refractivity contribution in [2.24, 2.45) is 0 Å². The summed E-state index contributed by atoms with van der Waals surface area (Å²) in [5.74, 6) is 0. The van der Waals surface area contributed by atoms with Crippen molar-refractivity contribution in [3.05, 3.63) is 77.8 Å². The highest BCUT2D eigenvalue weighted by atomic mass is 32.1. The van der Waals surface area contributed by atoms with Crippen LogP contribution in [0.3, 0.4) is 0 Å². The van der Waals surface area contributed by atoms with Gasteiger partial charge in [-0.25, -0.2) is 0 Å². The van der Waals surface area contributed by atoms with E-state index in [-0.39, 0.29) is 0 Å². The molecular formula is C30H26S6. The first kappa shape index (κ1) is 24.5. The van der Waals surface area contributed by atoms with Gasteiger partial charge in [-0.15, -0.1) is 68.0 Å². The quantitative estimate of drug-likeness (QED) is 0.191. The molecule has 0 aliphatic rings. The largest absolute Gasteiger partial charge is 0.144 e. The lowest BCUT2D eigenvalue weighted by atomic mass is 9.97. The molecule has 0 N–H and O–H groups in total. The van der Waals surface area contributed by atoms with Crippen LogP contribution < -0.4 is 0 Å². The van der Waals surface area contributed by atoms with Gasteiger partial charge in [-0.3, -0.25) is 0 Å². The molecule has 6 heteroatoms. The number of hydrogen-bond donors (Lipinski definition) is 0. The smallest absolute Gasteiger partial charge is 0.0537 e. The van der Waals surface area contributed by atoms with Gasteiger partial charge < -0.3 is 0 Å². The van der Waals surface area contributed by atoms with Crippen molar-refractivity contribution in [1.29, 1.82) is 0 Å². The van der Waals surface area contributed by atoms with Crippen molar-refractivity contribution in [1.82, 2.24) is 0 Å². The molecule has 0 aliphatic heterocycles. The summed E-state index contributed by atoms with van der Waals surface area (Å²) in [6.45, 7) is 13.7. The summed E-state index contributed by atoms with van der Waals surface area (Å²) in [6, 6.07) is 8.99. The van der Waals surface area contributed by atoms with Gasteiger partial charge in [-0.05, 0) is 104 Å². The van der Waals surface area contributed by atoms with Crippen molar-refractivity contribution in [2.75, 3.05) is 0 Å². The first-order chi connectivity index (χ1) is 17.4. The Kier molecular flexibility index (Phi) is 6.47. The van der Waals surface area contributed by atoms with E-state index in [0.717, 1.165) is 0 Å². The van der Waals surface area contributed by atoms with Crippen LogP contribution in [-0.2, 0) is 0 Å². The predicted octanol–water partition coefficient (Wildman–Crippen LogP) is 12.2. The number of aryl methyl sites for hydroxylation is 3. The Morgan fingerprint density at radius 3 is 1.89 bits per heavy atom. The monoisotopic (exact) mass is 578 g/mol. The van der Waals surface area contributed by atoms with Crippen molar-refractivity contribution in [2.45, 2.75) is 41.5 Å². The zero-order chi connectivity index (χ0) is 25.1. The standard InChI is InChI=1S/C30H26S6/c1-15-14-34-29(25-18(4)20(6)36-30(25)26-17(3)16(2)19(5)35-26)24(15)28-22(10-13-33-28)27-21(9-12-32-27)23-8-7-11-31-23/h7-14H,1-6H3. The third kappa shape index (κ3) is 3.85. The fourth-order valence-corrected chi connectivity index (χ4v) is 11.4. The molecule has 0 saturated carbocycles. The highest BCUT2D eigenvalue weighted by Crippen LogP contribution is 2.54. The molecule has 36 heavy (non-hydrogen) atoms. The molecule has 182 valence electrons. The van der Waals surface area contributed by atoms with E-state index in [1.54, 1.807) is 0 Å². The van der Waals surface area contributed by atoms with Crippen LogP contribution in [0.4, 0.5) is 0 Å². The van der Waals surface area contributed by atoms with Crippen molar-refractivity contribution < 1.29 is 0 Å². The van der Waals surface area contributed by atoms with Gasteiger partial charge in [0.15, 0.2) is 0 Å². The fourth-order valence-electron chi connectivity index (χ4n) is 4.75. The van der Waals surface area contributed by atoms with Gasteiger partial charge in [0.2, 0.25) is 0 Å². The lowest BCUT2D eigenvalue weighted by molar-refractivity contribution is 1.35. The average Bonchev–Trinajstić information content (AvgIpc) is 3.68. The number of thiophene rings is 6. The first-order valence-corrected chi connectivity index (χ1v) is 17.0. The second kappa shape index (κ2) is 9.50. The molecule has 0 amide bonds. The van der Waals surface area contributed by atoms with Gasteiger partial charge >= 0.3 is 0 Å². The summed E-state index contributed by atoms with van der Waals surface area (Å²) >= 11 is 11.4. The summed E-state index contributed by atoms with van der Waals surface area (Å²) in [4.78, 5) is 11.3. The maximum absolute atomic E-state index is 2.36. The normalized spacial score (nSPS) is 11.6. The molecular weight excluding hydrogens is 553 g/mol. The van der Waals surface area contributed by atoms with Crippen LogP contribution in [0.15, 0.2) is 45.8 Å². The zero-order valence-electron chi connectivity index (χ0n) is 21.1. The summed E-state index contributed by atoms with van der Waals surface area (Å²) in [5, 5.41) is 9.04. The molecule has 0 spiro atoms. The Hall–Kier alpha value is -1.80. The first-order valence-electron chi connectivity index (χ1n) is 11.8. The van der Waals surface area contributed by atoms with Crippen LogP contribution in [0.25, 0.3) is 51.5 Å². The SMILES string of the molecule is Cc1csc(-c2c(-c3sc(C)c(C)c3C)sc(C)c2C)c1-c1sccc1-c1sccc1-c1cccs1. The predicted molar refractivity (Wildman–Crippen MR) is 169 cm³/mol. The van der Waals surface area contributed by atoms with E-state index in [1.165, 1.54) is 83.5 Å².